The van der Waals surface area contributed by atoms with Crippen LogP contribution in [0.5, 0.6) is 5.88 Å². The van der Waals surface area contributed by atoms with Gasteiger partial charge in [0.25, 0.3) is 5.91 Å². The highest BCUT2D eigenvalue weighted by Crippen LogP contribution is 2.25. The molecule has 4 rings (SSSR count). The summed E-state index contributed by atoms with van der Waals surface area (Å²) in [6.45, 7) is 4.54. The van der Waals surface area contributed by atoms with E-state index in [2.05, 4.69) is 20.2 Å². The molecule has 3 aromatic rings. The predicted molar refractivity (Wildman–Crippen MR) is 107 cm³/mol. The number of carbonyl (C=O) groups is 1. The molecular formula is C20H21ClN6O2. The van der Waals surface area contributed by atoms with Crippen molar-refractivity contribution in [2.24, 2.45) is 0 Å². The predicted octanol–water partition coefficient (Wildman–Crippen LogP) is 3.09. The van der Waals surface area contributed by atoms with Gasteiger partial charge >= 0.3 is 0 Å². The molecule has 0 N–H and O–H groups in total. The summed E-state index contributed by atoms with van der Waals surface area (Å²) in [5, 5.41) is 8.81. The van der Waals surface area contributed by atoms with Gasteiger partial charge in [-0.1, -0.05) is 11.6 Å². The molecule has 2 atom stereocenters. The fourth-order valence-corrected chi connectivity index (χ4v) is 3.61. The molecule has 1 fully saturated rings. The molecular weight excluding hydrogens is 392 g/mol. The molecule has 0 radical (unpaired) electrons. The largest absolute Gasteiger partial charge is 0.472 e. The van der Waals surface area contributed by atoms with Crippen LogP contribution in [0.1, 0.15) is 35.7 Å². The summed E-state index contributed by atoms with van der Waals surface area (Å²) >= 11 is 5.90. The van der Waals surface area contributed by atoms with Crippen molar-refractivity contribution in [3.63, 3.8) is 0 Å². The Kier molecular flexibility index (Phi) is 5.44. The number of amides is 1. The lowest BCUT2D eigenvalue weighted by Crippen LogP contribution is -2.51. The molecule has 0 bridgehead atoms. The number of hydrogen-bond donors (Lipinski definition) is 0. The van der Waals surface area contributed by atoms with Crippen LogP contribution in [0.4, 0.5) is 0 Å². The summed E-state index contributed by atoms with van der Waals surface area (Å²) in [7, 11) is 0. The summed E-state index contributed by atoms with van der Waals surface area (Å²) in [6, 6.07) is 5.17. The number of hydrogen-bond acceptors (Lipinski definition) is 6. The number of ether oxygens (including phenoxy) is 1. The Morgan fingerprint density at radius 1 is 1.21 bits per heavy atom. The number of rotatable bonds is 4. The first-order valence-electron chi connectivity index (χ1n) is 9.45. The molecule has 1 aliphatic heterocycles. The van der Waals surface area contributed by atoms with Crippen LogP contribution in [0.2, 0.25) is 5.02 Å². The van der Waals surface area contributed by atoms with E-state index in [4.69, 9.17) is 16.3 Å². The first-order chi connectivity index (χ1) is 14.0. The lowest BCUT2D eigenvalue weighted by atomic mass is 9.98. The van der Waals surface area contributed by atoms with Crippen molar-refractivity contribution in [2.45, 2.75) is 38.8 Å². The minimum atomic E-state index is -0.162. The summed E-state index contributed by atoms with van der Waals surface area (Å²) < 4.78 is 6.06. The Bertz CT molecular complexity index is 993. The molecule has 8 nitrogen and oxygen atoms in total. The van der Waals surface area contributed by atoms with E-state index in [-0.39, 0.29) is 18.1 Å². The highest BCUT2D eigenvalue weighted by molar-refractivity contribution is 6.30. The van der Waals surface area contributed by atoms with Crippen molar-refractivity contribution < 1.29 is 9.53 Å². The smallest absolute Gasteiger partial charge is 0.258 e. The van der Waals surface area contributed by atoms with E-state index in [1.54, 1.807) is 36.9 Å². The first-order valence-corrected chi connectivity index (χ1v) is 9.83. The molecule has 29 heavy (non-hydrogen) atoms. The van der Waals surface area contributed by atoms with E-state index in [1.807, 2.05) is 24.8 Å². The average molecular weight is 413 g/mol. The summed E-state index contributed by atoms with van der Waals surface area (Å²) in [5.41, 5.74) is 1.37. The van der Waals surface area contributed by atoms with Gasteiger partial charge in [-0.15, -0.1) is 4.80 Å². The average Bonchev–Trinajstić information content (AvgIpc) is 3.25. The standard InChI is InChI=1S/C20H21ClN6O2/c1-13-10-16(19(23-11-13)27-24-7-8-25-27)20(28)26-9-3-4-17(14(26)2)29-18-6-5-15(21)12-22-18/h5-8,10-12,14,17H,3-4,9H2,1-2H3. The number of piperidine rings is 1. The zero-order chi connectivity index (χ0) is 20.4. The summed E-state index contributed by atoms with van der Waals surface area (Å²) in [4.78, 5) is 25.2. The quantitative estimate of drug-likeness (QED) is 0.654. The van der Waals surface area contributed by atoms with Gasteiger partial charge in [-0.2, -0.15) is 10.2 Å². The number of pyridine rings is 2. The van der Waals surface area contributed by atoms with Crippen LogP contribution in [-0.2, 0) is 0 Å². The van der Waals surface area contributed by atoms with Gasteiger partial charge in [-0.25, -0.2) is 9.97 Å². The van der Waals surface area contributed by atoms with Gasteiger partial charge in [0.2, 0.25) is 5.88 Å². The maximum Gasteiger partial charge on any atom is 0.258 e. The Balaban J connectivity index is 1.58. The first kappa shape index (κ1) is 19.3. The zero-order valence-corrected chi connectivity index (χ0v) is 17.0. The van der Waals surface area contributed by atoms with Crippen LogP contribution in [0, 0.1) is 6.92 Å². The molecule has 3 aromatic heterocycles. The van der Waals surface area contributed by atoms with Crippen molar-refractivity contribution in [3.05, 3.63) is 59.1 Å². The minimum Gasteiger partial charge on any atom is -0.472 e. The van der Waals surface area contributed by atoms with Crippen molar-refractivity contribution in [1.82, 2.24) is 29.9 Å². The summed E-state index contributed by atoms with van der Waals surface area (Å²) in [5.74, 6) is 0.803. The second-order valence-electron chi connectivity index (χ2n) is 7.05. The van der Waals surface area contributed by atoms with Gasteiger partial charge in [0.1, 0.15) is 6.10 Å². The fraction of sp³-hybridized carbons (Fsp3) is 0.350. The number of likely N-dealkylation sites (tertiary alicyclic amines) is 1. The van der Waals surface area contributed by atoms with Gasteiger partial charge in [0, 0.05) is 25.0 Å². The molecule has 9 heteroatoms. The lowest BCUT2D eigenvalue weighted by Gasteiger charge is -2.39. The molecule has 1 amide bonds. The molecule has 1 aliphatic rings. The SMILES string of the molecule is Cc1cnc(-n2nccn2)c(C(=O)N2CCCC(Oc3ccc(Cl)cn3)C2C)c1. The fourth-order valence-electron chi connectivity index (χ4n) is 3.50. The van der Waals surface area contributed by atoms with Crippen molar-refractivity contribution in [1.29, 1.82) is 0 Å². The number of aromatic nitrogens is 5. The zero-order valence-electron chi connectivity index (χ0n) is 16.2. The van der Waals surface area contributed by atoms with E-state index in [1.165, 1.54) is 4.80 Å². The van der Waals surface area contributed by atoms with Crippen molar-refractivity contribution in [3.8, 4) is 11.7 Å². The molecule has 4 heterocycles. The van der Waals surface area contributed by atoms with E-state index < -0.39 is 0 Å². The van der Waals surface area contributed by atoms with E-state index >= 15 is 0 Å². The topological polar surface area (TPSA) is 86.0 Å². The third kappa shape index (κ3) is 4.07. The van der Waals surface area contributed by atoms with Gasteiger partial charge in [-0.3, -0.25) is 4.79 Å². The van der Waals surface area contributed by atoms with Crippen LogP contribution < -0.4 is 4.74 Å². The van der Waals surface area contributed by atoms with Crippen molar-refractivity contribution >= 4 is 17.5 Å². The van der Waals surface area contributed by atoms with E-state index in [0.29, 0.717) is 28.8 Å². The van der Waals surface area contributed by atoms with Gasteiger partial charge in [0.05, 0.1) is 29.0 Å². The monoisotopic (exact) mass is 412 g/mol. The van der Waals surface area contributed by atoms with Crippen LogP contribution in [0.25, 0.3) is 5.82 Å². The number of aryl methyl sites for hydroxylation is 1. The normalized spacial score (nSPS) is 19.2. The molecule has 0 saturated carbocycles. The Morgan fingerprint density at radius 3 is 2.72 bits per heavy atom. The van der Waals surface area contributed by atoms with Crippen LogP contribution >= 0.6 is 11.6 Å². The maximum atomic E-state index is 13.4. The highest BCUT2D eigenvalue weighted by atomic mass is 35.5. The highest BCUT2D eigenvalue weighted by Gasteiger charge is 2.34. The Hall–Kier alpha value is -3.00. The third-order valence-corrected chi connectivity index (χ3v) is 5.22. The summed E-state index contributed by atoms with van der Waals surface area (Å²) in [6.07, 6.45) is 7.88. The molecule has 150 valence electrons. The number of carbonyl (C=O) groups excluding carboxylic acids is 1. The third-order valence-electron chi connectivity index (χ3n) is 4.99. The Labute approximate surface area is 173 Å². The van der Waals surface area contributed by atoms with Crippen molar-refractivity contribution in [2.75, 3.05) is 6.54 Å². The second-order valence-corrected chi connectivity index (χ2v) is 7.49. The number of halogens is 1. The van der Waals surface area contributed by atoms with Gasteiger partial charge < -0.3 is 9.64 Å². The molecule has 0 aromatic carbocycles. The maximum absolute atomic E-state index is 13.4. The van der Waals surface area contributed by atoms with Crippen LogP contribution in [0.15, 0.2) is 43.0 Å². The van der Waals surface area contributed by atoms with Gasteiger partial charge in [0.15, 0.2) is 5.82 Å². The minimum absolute atomic E-state index is 0.113. The molecule has 2 unspecified atom stereocenters. The van der Waals surface area contributed by atoms with Crippen LogP contribution in [0.3, 0.4) is 0 Å². The van der Waals surface area contributed by atoms with Crippen LogP contribution in [-0.4, -0.2) is 54.5 Å². The lowest BCUT2D eigenvalue weighted by molar-refractivity contribution is 0.0266. The number of nitrogens with zero attached hydrogens (tertiary/aromatic N) is 6. The van der Waals surface area contributed by atoms with E-state index in [0.717, 1.165) is 18.4 Å². The Morgan fingerprint density at radius 2 is 2.00 bits per heavy atom. The molecule has 0 spiro atoms. The second kappa shape index (κ2) is 8.16. The molecule has 0 aliphatic carbocycles. The molecule has 1 saturated heterocycles. The van der Waals surface area contributed by atoms with Gasteiger partial charge in [-0.05, 0) is 44.4 Å². The van der Waals surface area contributed by atoms with E-state index in [9.17, 15) is 4.79 Å².